The van der Waals surface area contributed by atoms with Crippen molar-refractivity contribution in [2.75, 3.05) is 18.5 Å². The van der Waals surface area contributed by atoms with Gasteiger partial charge in [-0.1, -0.05) is 18.2 Å². The van der Waals surface area contributed by atoms with Crippen LogP contribution in [0.25, 0.3) is 0 Å². The number of anilines is 1. The number of non-ortho nitro benzene ring substituents is 1. The highest BCUT2D eigenvalue weighted by molar-refractivity contribution is 9.10. The monoisotopic (exact) mass is 408 g/mol. The van der Waals surface area contributed by atoms with Gasteiger partial charge in [-0.2, -0.15) is 0 Å². The molecule has 8 nitrogen and oxygen atoms in total. The van der Waals surface area contributed by atoms with Crippen LogP contribution in [-0.4, -0.2) is 30.0 Å². The number of halogens is 1. The Kier molecular flexibility index (Phi) is 6.47. The molecule has 1 amide bonds. The summed E-state index contributed by atoms with van der Waals surface area (Å²) in [5.41, 5.74) is 0.210. The number of ether oxygens (including phenoxy) is 2. The first-order valence-electron chi connectivity index (χ1n) is 7.03. The van der Waals surface area contributed by atoms with E-state index in [0.717, 1.165) is 0 Å². The maximum absolute atomic E-state index is 11.8. The quantitative estimate of drug-likeness (QED) is 0.428. The van der Waals surface area contributed by atoms with Crippen LogP contribution in [0, 0.1) is 10.1 Å². The normalized spacial score (nSPS) is 9.96. The summed E-state index contributed by atoms with van der Waals surface area (Å²) in [5, 5.41) is 13.1. The second-order valence-corrected chi connectivity index (χ2v) is 5.59. The molecule has 0 aromatic heterocycles. The van der Waals surface area contributed by atoms with Gasteiger partial charge in [-0.05, 0) is 34.1 Å². The predicted octanol–water partition coefficient (Wildman–Crippen LogP) is 2.92. The number of amides is 1. The Morgan fingerprint density at radius 3 is 2.48 bits per heavy atom. The van der Waals surface area contributed by atoms with E-state index in [4.69, 9.17) is 9.47 Å². The van der Waals surface area contributed by atoms with Crippen LogP contribution in [0.1, 0.15) is 0 Å². The topological polar surface area (TPSA) is 108 Å². The number of nitrogens with one attached hydrogen (secondary N) is 1. The lowest BCUT2D eigenvalue weighted by Crippen LogP contribution is -2.23. The first kappa shape index (κ1) is 18.4. The molecule has 0 heterocycles. The van der Waals surface area contributed by atoms with E-state index in [2.05, 4.69) is 21.2 Å². The van der Waals surface area contributed by atoms with Gasteiger partial charge in [0.2, 0.25) is 0 Å². The minimum Gasteiger partial charge on any atom is -0.482 e. The number of nitro groups is 1. The van der Waals surface area contributed by atoms with Crippen LogP contribution < -0.4 is 10.1 Å². The first-order chi connectivity index (χ1) is 12.0. The highest BCUT2D eigenvalue weighted by Crippen LogP contribution is 2.26. The van der Waals surface area contributed by atoms with E-state index in [1.807, 2.05) is 6.07 Å². The number of benzene rings is 2. The predicted molar refractivity (Wildman–Crippen MR) is 92.3 cm³/mol. The summed E-state index contributed by atoms with van der Waals surface area (Å²) in [4.78, 5) is 33.4. The van der Waals surface area contributed by atoms with Crippen molar-refractivity contribution in [3.05, 3.63) is 63.1 Å². The number of rotatable bonds is 7. The number of nitro benzene ring substituents is 1. The molecule has 0 radical (unpaired) electrons. The molecule has 9 heteroatoms. The molecule has 0 aliphatic carbocycles. The Bertz CT molecular complexity index is 781. The zero-order chi connectivity index (χ0) is 18.2. The van der Waals surface area contributed by atoms with Crippen LogP contribution in [0.3, 0.4) is 0 Å². The Balaban J connectivity index is 1.78. The van der Waals surface area contributed by atoms with Crippen molar-refractivity contribution < 1.29 is 24.0 Å². The summed E-state index contributed by atoms with van der Waals surface area (Å²) in [7, 11) is 0. The fourth-order valence-electron chi connectivity index (χ4n) is 1.75. The van der Waals surface area contributed by atoms with Gasteiger partial charge < -0.3 is 14.8 Å². The molecule has 0 atom stereocenters. The summed E-state index contributed by atoms with van der Waals surface area (Å²) in [5.74, 6) is -0.761. The van der Waals surface area contributed by atoms with E-state index in [9.17, 15) is 19.7 Å². The minimum atomic E-state index is -0.693. The summed E-state index contributed by atoms with van der Waals surface area (Å²) in [6.45, 7) is -0.821. The fourth-order valence-corrected chi connectivity index (χ4v) is 2.22. The number of hydrogen-bond acceptors (Lipinski definition) is 6. The molecule has 0 saturated carbocycles. The lowest BCUT2D eigenvalue weighted by atomic mass is 10.3. The van der Waals surface area contributed by atoms with Crippen molar-refractivity contribution in [3.8, 4) is 5.75 Å². The van der Waals surface area contributed by atoms with Crippen molar-refractivity contribution in [2.24, 2.45) is 0 Å². The molecule has 0 unspecified atom stereocenters. The lowest BCUT2D eigenvalue weighted by molar-refractivity contribution is -0.384. The van der Waals surface area contributed by atoms with Crippen molar-refractivity contribution in [2.45, 2.75) is 0 Å². The number of carbonyl (C=O) groups is 2. The van der Waals surface area contributed by atoms with Gasteiger partial charge in [-0.25, -0.2) is 4.79 Å². The van der Waals surface area contributed by atoms with Gasteiger partial charge in [0.1, 0.15) is 5.75 Å². The Labute approximate surface area is 151 Å². The lowest BCUT2D eigenvalue weighted by Gasteiger charge is -2.09. The van der Waals surface area contributed by atoms with Crippen LogP contribution in [-0.2, 0) is 14.3 Å². The van der Waals surface area contributed by atoms with Crippen molar-refractivity contribution in [3.63, 3.8) is 0 Å². The molecule has 1 N–H and O–H groups in total. The van der Waals surface area contributed by atoms with E-state index >= 15 is 0 Å². The van der Waals surface area contributed by atoms with Crippen LogP contribution in [0.5, 0.6) is 5.75 Å². The van der Waals surface area contributed by atoms with Crippen molar-refractivity contribution >= 4 is 39.2 Å². The van der Waals surface area contributed by atoms with Gasteiger partial charge in [0.25, 0.3) is 11.6 Å². The van der Waals surface area contributed by atoms with Crippen LogP contribution in [0.2, 0.25) is 0 Å². The van der Waals surface area contributed by atoms with Gasteiger partial charge in [0, 0.05) is 16.6 Å². The molecule has 0 saturated heterocycles. The third kappa shape index (κ3) is 5.88. The summed E-state index contributed by atoms with van der Waals surface area (Å²) >= 11 is 3.13. The molecular formula is C16H13BrN2O6. The number of para-hydroxylation sites is 1. The third-order valence-electron chi connectivity index (χ3n) is 2.90. The second-order valence-electron chi connectivity index (χ2n) is 4.73. The zero-order valence-corrected chi connectivity index (χ0v) is 14.4. The van der Waals surface area contributed by atoms with Gasteiger partial charge >= 0.3 is 5.97 Å². The van der Waals surface area contributed by atoms with Gasteiger partial charge in [0.05, 0.1) is 10.6 Å². The average molecular weight is 409 g/mol. The maximum atomic E-state index is 11.8. The first-order valence-corrected chi connectivity index (χ1v) is 7.82. The third-order valence-corrected chi connectivity index (χ3v) is 3.56. The molecule has 2 aromatic rings. The summed E-state index contributed by atoms with van der Waals surface area (Å²) in [6, 6.07) is 12.6. The zero-order valence-electron chi connectivity index (χ0n) is 12.8. The molecule has 2 aromatic carbocycles. The average Bonchev–Trinajstić information content (AvgIpc) is 2.60. The fraction of sp³-hybridized carbons (Fsp3) is 0.125. The SMILES string of the molecule is O=C(COC(=O)COc1ccccc1)Nc1ccc([N+](=O)[O-])cc1Br. The minimum absolute atomic E-state index is 0.116. The van der Waals surface area contributed by atoms with Crippen molar-refractivity contribution in [1.82, 2.24) is 0 Å². The van der Waals surface area contributed by atoms with Crippen molar-refractivity contribution in [1.29, 1.82) is 0 Å². The van der Waals surface area contributed by atoms with Crippen LogP contribution in [0.4, 0.5) is 11.4 Å². The van der Waals surface area contributed by atoms with E-state index in [-0.39, 0.29) is 12.3 Å². The summed E-state index contributed by atoms with van der Waals surface area (Å²) in [6.07, 6.45) is 0. The largest absolute Gasteiger partial charge is 0.482 e. The molecule has 25 heavy (non-hydrogen) atoms. The second kappa shape index (κ2) is 8.78. The smallest absolute Gasteiger partial charge is 0.344 e. The molecule has 2 rings (SSSR count). The van der Waals surface area contributed by atoms with E-state index < -0.39 is 23.4 Å². The van der Waals surface area contributed by atoms with Crippen LogP contribution in [0.15, 0.2) is 53.0 Å². The van der Waals surface area contributed by atoms with Gasteiger partial charge in [0.15, 0.2) is 13.2 Å². The molecule has 0 aliphatic rings. The highest BCUT2D eigenvalue weighted by atomic mass is 79.9. The number of hydrogen-bond donors (Lipinski definition) is 1. The number of nitrogens with zero attached hydrogens (tertiary/aromatic N) is 1. The van der Waals surface area contributed by atoms with Gasteiger partial charge in [-0.15, -0.1) is 0 Å². The Hall–Kier alpha value is -2.94. The highest BCUT2D eigenvalue weighted by Gasteiger charge is 2.13. The van der Waals surface area contributed by atoms with E-state index in [0.29, 0.717) is 15.9 Å². The maximum Gasteiger partial charge on any atom is 0.344 e. The standard InChI is InChI=1S/C16H13BrN2O6/c17-13-8-11(19(22)23)6-7-14(13)18-15(20)9-25-16(21)10-24-12-4-2-1-3-5-12/h1-8H,9-10H2,(H,18,20). The molecular weight excluding hydrogens is 396 g/mol. The molecule has 0 fully saturated rings. The molecule has 0 aliphatic heterocycles. The van der Waals surface area contributed by atoms with Gasteiger partial charge in [-0.3, -0.25) is 14.9 Å². The summed E-state index contributed by atoms with van der Waals surface area (Å²) < 4.78 is 10.3. The van der Waals surface area contributed by atoms with Crippen LogP contribution >= 0.6 is 15.9 Å². The molecule has 130 valence electrons. The van der Waals surface area contributed by atoms with E-state index in [1.165, 1.54) is 18.2 Å². The molecule has 0 spiro atoms. The Morgan fingerprint density at radius 2 is 1.84 bits per heavy atom. The molecule has 0 bridgehead atoms. The number of carbonyl (C=O) groups excluding carboxylic acids is 2. The number of esters is 1. The Morgan fingerprint density at radius 1 is 1.12 bits per heavy atom. The van der Waals surface area contributed by atoms with E-state index in [1.54, 1.807) is 24.3 Å².